The summed E-state index contributed by atoms with van der Waals surface area (Å²) >= 11 is 0. The van der Waals surface area contributed by atoms with Crippen LogP contribution in [0.5, 0.6) is 11.5 Å². The van der Waals surface area contributed by atoms with E-state index in [1.54, 1.807) is 25.3 Å². The van der Waals surface area contributed by atoms with Crippen molar-refractivity contribution >= 4 is 32.7 Å². The lowest BCUT2D eigenvalue weighted by molar-refractivity contribution is -0.129. The highest BCUT2D eigenvalue weighted by atomic mass is 32.2. The van der Waals surface area contributed by atoms with Gasteiger partial charge in [0, 0.05) is 36.0 Å². The fraction of sp³-hybridized carbons (Fsp3) is 0.281. The summed E-state index contributed by atoms with van der Waals surface area (Å²) in [6.07, 6.45) is 0.874. The molecule has 5 rings (SSSR count). The molecule has 224 valence electrons. The highest BCUT2D eigenvalue weighted by molar-refractivity contribution is 7.90. The van der Waals surface area contributed by atoms with Crippen molar-refractivity contribution in [1.82, 2.24) is 20.3 Å². The molecule has 4 aromatic rings. The van der Waals surface area contributed by atoms with Crippen LogP contribution in [0.4, 0.5) is 0 Å². The van der Waals surface area contributed by atoms with E-state index in [1.807, 2.05) is 61.5 Å². The molecule has 0 radical (unpaired) electrons. The number of sulfonamides is 1. The third kappa shape index (κ3) is 7.12. The van der Waals surface area contributed by atoms with Crippen molar-refractivity contribution in [3.05, 3.63) is 84.9 Å². The number of amides is 2. The van der Waals surface area contributed by atoms with Crippen LogP contribution in [0.2, 0.25) is 0 Å². The van der Waals surface area contributed by atoms with Gasteiger partial charge in [0.25, 0.3) is 15.9 Å². The van der Waals surface area contributed by atoms with Gasteiger partial charge in [0.2, 0.25) is 5.91 Å². The van der Waals surface area contributed by atoms with E-state index >= 15 is 0 Å². The second kappa shape index (κ2) is 13.2. The van der Waals surface area contributed by atoms with Crippen molar-refractivity contribution < 1.29 is 27.5 Å². The predicted octanol–water partition coefficient (Wildman–Crippen LogP) is 3.81. The Morgan fingerprint density at radius 3 is 2.44 bits per heavy atom. The Morgan fingerprint density at radius 1 is 1.02 bits per heavy atom. The molecule has 0 unspecified atom stereocenters. The van der Waals surface area contributed by atoms with E-state index in [2.05, 4.69) is 15.4 Å². The van der Waals surface area contributed by atoms with Crippen LogP contribution in [0.15, 0.2) is 89.8 Å². The molecule has 1 aliphatic heterocycles. The number of rotatable bonds is 11. The second-order valence-corrected chi connectivity index (χ2v) is 12.0. The van der Waals surface area contributed by atoms with Gasteiger partial charge in [-0.2, -0.15) is 0 Å². The number of carbonyl (C=O) groups is 2. The van der Waals surface area contributed by atoms with Crippen LogP contribution in [0.25, 0.3) is 22.2 Å². The number of fused-ring (bicyclic) bond motifs is 1. The first-order chi connectivity index (χ1) is 20.8. The predicted molar refractivity (Wildman–Crippen MR) is 163 cm³/mol. The molecule has 0 spiro atoms. The van der Waals surface area contributed by atoms with Crippen molar-refractivity contribution in [2.45, 2.75) is 49.3 Å². The van der Waals surface area contributed by atoms with E-state index < -0.39 is 33.9 Å². The number of carbonyl (C=O) groups excluding carboxylic acids is 2. The van der Waals surface area contributed by atoms with Crippen LogP contribution in [0.1, 0.15) is 26.2 Å². The molecular formula is C32H34N4O6S. The maximum Gasteiger partial charge on any atom is 0.264 e. The Labute approximate surface area is 250 Å². The second-order valence-electron chi connectivity index (χ2n) is 10.3. The normalized spacial score (nSPS) is 17.3. The van der Waals surface area contributed by atoms with E-state index in [9.17, 15) is 18.0 Å². The minimum Gasteiger partial charge on any atom is -0.497 e. The molecule has 3 N–H and O–H groups in total. The zero-order chi connectivity index (χ0) is 30.4. The van der Waals surface area contributed by atoms with Crippen LogP contribution in [-0.2, 0) is 19.6 Å². The number of nitrogens with zero attached hydrogens (tertiary/aromatic N) is 1. The van der Waals surface area contributed by atoms with Crippen molar-refractivity contribution in [2.75, 3.05) is 13.7 Å². The highest BCUT2D eigenvalue weighted by Gasteiger charge is 2.34. The van der Waals surface area contributed by atoms with Gasteiger partial charge in [0.05, 0.1) is 29.3 Å². The standard InChI is InChI=1S/C32H34N4O6S/c1-3-10-26(32(38)36-43(39,40)24-13-8-5-9-14-24)35-31(37)29-18-23(20-33-29)42-30-19-27(21-11-6-4-7-12-21)34-28-17-22(41-2)15-16-25(28)30/h4-9,11-17,19,23,26,29,33H,3,10,18,20H2,1-2H3,(H,35,37)(H,36,38)/t23-,26+,29+/m1/s1. The van der Waals surface area contributed by atoms with Crippen LogP contribution >= 0.6 is 0 Å². The summed E-state index contributed by atoms with van der Waals surface area (Å²) in [6, 6.07) is 23.3. The number of ether oxygens (including phenoxy) is 2. The molecule has 0 bridgehead atoms. The molecule has 2 amide bonds. The van der Waals surface area contributed by atoms with E-state index in [-0.39, 0.29) is 17.4 Å². The first kappa shape index (κ1) is 30.0. The van der Waals surface area contributed by atoms with Crippen molar-refractivity contribution in [3.8, 4) is 22.8 Å². The maximum atomic E-state index is 13.2. The van der Waals surface area contributed by atoms with E-state index in [0.717, 1.165) is 22.2 Å². The van der Waals surface area contributed by atoms with Gasteiger partial charge in [-0.1, -0.05) is 61.9 Å². The van der Waals surface area contributed by atoms with Gasteiger partial charge >= 0.3 is 0 Å². The summed E-state index contributed by atoms with van der Waals surface area (Å²) < 4.78 is 39.3. The largest absolute Gasteiger partial charge is 0.497 e. The molecule has 0 aliphatic carbocycles. The van der Waals surface area contributed by atoms with Crippen molar-refractivity contribution in [3.63, 3.8) is 0 Å². The third-order valence-corrected chi connectivity index (χ3v) is 8.61. The Hall–Kier alpha value is -4.48. The van der Waals surface area contributed by atoms with E-state index in [1.165, 1.54) is 12.1 Å². The van der Waals surface area contributed by atoms with Gasteiger partial charge in [-0.25, -0.2) is 18.1 Å². The van der Waals surface area contributed by atoms with Crippen LogP contribution in [0, 0.1) is 0 Å². The Bertz CT molecular complexity index is 1700. The lowest BCUT2D eigenvalue weighted by Crippen LogP contribution is -2.52. The Kier molecular flexibility index (Phi) is 9.22. The summed E-state index contributed by atoms with van der Waals surface area (Å²) in [7, 11) is -2.46. The molecular weight excluding hydrogens is 568 g/mol. The van der Waals surface area contributed by atoms with Gasteiger partial charge in [-0.05, 0) is 30.7 Å². The smallest absolute Gasteiger partial charge is 0.264 e. The van der Waals surface area contributed by atoms with Crippen molar-refractivity contribution in [2.24, 2.45) is 0 Å². The topological polar surface area (TPSA) is 136 Å². The molecule has 10 nitrogen and oxygen atoms in total. The van der Waals surface area contributed by atoms with Crippen molar-refractivity contribution in [1.29, 1.82) is 0 Å². The van der Waals surface area contributed by atoms with Gasteiger partial charge in [0.1, 0.15) is 23.6 Å². The fourth-order valence-electron chi connectivity index (χ4n) is 5.02. The molecule has 3 atom stereocenters. The maximum absolute atomic E-state index is 13.2. The van der Waals surface area contributed by atoms with Gasteiger partial charge in [0.15, 0.2) is 0 Å². The number of hydrogen-bond acceptors (Lipinski definition) is 8. The number of benzene rings is 3. The Morgan fingerprint density at radius 2 is 1.74 bits per heavy atom. The summed E-state index contributed by atoms with van der Waals surface area (Å²) in [5.41, 5.74) is 2.40. The van der Waals surface area contributed by atoms with Crippen LogP contribution in [-0.4, -0.2) is 57.1 Å². The minimum absolute atomic E-state index is 0.0279. The molecule has 43 heavy (non-hydrogen) atoms. The molecule has 2 heterocycles. The SMILES string of the molecule is CCC[C@H](NC(=O)[C@@H]1C[C@@H](Oc2cc(-c3ccccc3)nc3cc(OC)ccc23)CN1)C(=O)NS(=O)(=O)c1ccccc1. The van der Waals surface area contributed by atoms with E-state index in [4.69, 9.17) is 14.5 Å². The molecule has 0 saturated carbocycles. The quantitative estimate of drug-likeness (QED) is 0.236. The molecule has 1 saturated heterocycles. The zero-order valence-electron chi connectivity index (χ0n) is 23.9. The summed E-state index contributed by atoms with van der Waals surface area (Å²) in [4.78, 5) is 30.9. The van der Waals surface area contributed by atoms with E-state index in [0.29, 0.717) is 30.9 Å². The number of methoxy groups -OCH3 is 1. The molecule has 3 aromatic carbocycles. The number of nitrogens with one attached hydrogen (secondary N) is 3. The Balaban J connectivity index is 1.28. The monoisotopic (exact) mass is 602 g/mol. The van der Waals surface area contributed by atoms with Gasteiger partial charge in [-0.3, -0.25) is 9.59 Å². The fourth-order valence-corrected chi connectivity index (χ4v) is 6.06. The zero-order valence-corrected chi connectivity index (χ0v) is 24.8. The van der Waals surface area contributed by atoms with Crippen LogP contribution in [0.3, 0.4) is 0 Å². The molecule has 1 aromatic heterocycles. The van der Waals surface area contributed by atoms with Crippen LogP contribution < -0.4 is 24.8 Å². The molecule has 1 aliphatic rings. The third-order valence-electron chi connectivity index (χ3n) is 7.25. The summed E-state index contributed by atoms with van der Waals surface area (Å²) in [5, 5.41) is 6.72. The highest BCUT2D eigenvalue weighted by Crippen LogP contribution is 2.33. The van der Waals surface area contributed by atoms with Gasteiger partial charge < -0.3 is 20.1 Å². The first-order valence-corrected chi connectivity index (χ1v) is 15.6. The average Bonchev–Trinajstić information content (AvgIpc) is 3.49. The number of aromatic nitrogens is 1. The summed E-state index contributed by atoms with van der Waals surface area (Å²) in [6.45, 7) is 2.26. The average molecular weight is 603 g/mol. The van der Waals surface area contributed by atoms with Gasteiger partial charge in [-0.15, -0.1) is 0 Å². The first-order valence-electron chi connectivity index (χ1n) is 14.1. The lowest BCUT2D eigenvalue weighted by Gasteiger charge is -2.20. The minimum atomic E-state index is -4.07. The number of hydrogen-bond donors (Lipinski definition) is 3. The summed E-state index contributed by atoms with van der Waals surface area (Å²) in [5.74, 6) is 0.134. The lowest BCUT2D eigenvalue weighted by atomic mass is 10.1. The molecule has 11 heteroatoms. The number of pyridine rings is 1. The molecule has 1 fully saturated rings.